The molecule has 4 rings (SSSR count). The molecular formula is C16H16N4O. The molecule has 21 heavy (non-hydrogen) atoms. The molecule has 0 saturated heterocycles. The van der Waals surface area contributed by atoms with Gasteiger partial charge in [-0.15, -0.1) is 0 Å². The molecule has 1 aromatic carbocycles. The summed E-state index contributed by atoms with van der Waals surface area (Å²) in [4.78, 5) is 15.3. The molecule has 0 bridgehead atoms. The summed E-state index contributed by atoms with van der Waals surface area (Å²) in [5.41, 5.74) is 4.48. The van der Waals surface area contributed by atoms with Crippen LogP contribution in [0.3, 0.4) is 0 Å². The number of carbonyl (C=O) groups excluding carboxylic acids is 1. The van der Waals surface area contributed by atoms with Crippen molar-refractivity contribution in [2.45, 2.75) is 25.7 Å². The zero-order chi connectivity index (χ0) is 14.4. The average Bonchev–Trinajstić information content (AvgIpc) is 3.11. The molecule has 3 aromatic rings. The van der Waals surface area contributed by atoms with E-state index < -0.39 is 0 Å². The minimum absolute atomic E-state index is 0.0187. The highest BCUT2D eigenvalue weighted by atomic mass is 16.1. The monoisotopic (exact) mass is 280 g/mol. The van der Waals surface area contributed by atoms with E-state index in [1.807, 2.05) is 12.3 Å². The number of rotatable bonds is 2. The van der Waals surface area contributed by atoms with Crippen LogP contribution in [0.25, 0.3) is 10.9 Å². The highest BCUT2D eigenvalue weighted by Gasteiger charge is 2.32. The molecule has 0 saturated carbocycles. The summed E-state index contributed by atoms with van der Waals surface area (Å²) in [5, 5.41) is 11.3. The Balaban J connectivity index is 1.95. The molecular weight excluding hydrogens is 264 g/mol. The van der Waals surface area contributed by atoms with Crippen molar-refractivity contribution in [3.8, 4) is 0 Å². The number of H-pyrrole nitrogens is 2. The van der Waals surface area contributed by atoms with E-state index >= 15 is 0 Å². The smallest absolute Gasteiger partial charge is 0.226 e. The first kappa shape index (κ1) is 12.2. The summed E-state index contributed by atoms with van der Waals surface area (Å²) in [6.07, 6.45) is 3.27. The van der Waals surface area contributed by atoms with Crippen molar-refractivity contribution in [3.05, 3.63) is 47.3 Å². The molecule has 3 heterocycles. The number of nitrogens with one attached hydrogen (secondary N) is 3. The van der Waals surface area contributed by atoms with Crippen molar-refractivity contribution in [2.75, 3.05) is 5.32 Å². The van der Waals surface area contributed by atoms with Crippen molar-refractivity contribution >= 4 is 22.6 Å². The summed E-state index contributed by atoms with van der Waals surface area (Å²) in [6, 6.07) is 8.27. The molecule has 5 heteroatoms. The molecule has 0 aliphatic carbocycles. The predicted octanol–water partition coefficient (Wildman–Crippen LogP) is 2.93. The fourth-order valence-electron chi connectivity index (χ4n) is 3.26. The van der Waals surface area contributed by atoms with Gasteiger partial charge in [0.15, 0.2) is 5.82 Å². The van der Waals surface area contributed by atoms with Gasteiger partial charge in [-0.2, -0.15) is 5.10 Å². The molecule has 0 radical (unpaired) electrons. The van der Waals surface area contributed by atoms with Crippen molar-refractivity contribution in [3.63, 3.8) is 0 Å². The molecule has 2 aromatic heterocycles. The van der Waals surface area contributed by atoms with Crippen LogP contribution < -0.4 is 5.32 Å². The number of hydrogen-bond donors (Lipinski definition) is 3. The van der Waals surface area contributed by atoms with Crippen LogP contribution in [0.2, 0.25) is 0 Å². The van der Waals surface area contributed by atoms with Crippen LogP contribution in [0.4, 0.5) is 5.82 Å². The number of carbonyl (C=O) groups is 1. The van der Waals surface area contributed by atoms with Gasteiger partial charge in [0, 0.05) is 35.3 Å². The van der Waals surface area contributed by atoms with Gasteiger partial charge < -0.3 is 10.3 Å². The number of aromatic amines is 2. The Morgan fingerprint density at radius 3 is 3.10 bits per heavy atom. The molecule has 5 nitrogen and oxygen atoms in total. The van der Waals surface area contributed by atoms with Gasteiger partial charge in [-0.1, -0.05) is 25.1 Å². The lowest BCUT2D eigenvalue weighted by Gasteiger charge is -2.23. The number of aromatic nitrogens is 3. The van der Waals surface area contributed by atoms with E-state index in [1.165, 1.54) is 5.39 Å². The number of para-hydroxylation sites is 1. The van der Waals surface area contributed by atoms with Gasteiger partial charge in [0.2, 0.25) is 5.91 Å². The molecule has 1 aliphatic rings. The van der Waals surface area contributed by atoms with E-state index in [-0.39, 0.29) is 11.8 Å². The topological polar surface area (TPSA) is 73.6 Å². The van der Waals surface area contributed by atoms with E-state index in [9.17, 15) is 4.79 Å². The number of fused-ring (bicyclic) bond motifs is 2. The molecule has 1 aliphatic heterocycles. The Morgan fingerprint density at radius 2 is 2.24 bits per heavy atom. The second kappa shape index (κ2) is 4.48. The maximum Gasteiger partial charge on any atom is 0.226 e. The summed E-state index contributed by atoms with van der Waals surface area (Å²) in [7, 11) is 0. The molecule has 1 unspecified atom stereocenters. The lowest BCUT2D eigenvalue weighted by molar-refractivity contribution is -0.116. The summed E-state index contributed by atoms with van der Waals surface area (Å²) < 4.78 is 0. The van der Waals surface area contributed by atoms with Crippen LogP contribution in [0, 0.1) is 0 Å². The first-order chi connectivity index (χ1) is 10.3. The third kappa shape index (κ3) is 1.77. The Hall–Kier alpha value is -2.56. The Bertz CT molecular complexity index is 830. The van der Waals surface area contributed by atoms with E-state index in [0.717, 1.165) is 28.8 Å². The zero-order valence-corrected chi connectivity index (χ0v) is 11.7. The molecule has 1 atom stereocenters. The van der Waals surface area contributed by atoms with Gasteiger partial charge in [0.05, 0.1) is 0 Å². The number of anilines is 1. The summed E-state index contributed by atoms with van der Waals surface area (Å²) in [5.74, 6) is 0.742. The van der Waals surface area contributed by atoms with Crippen molar-refractivity contribution < 1.29 is 4.79 Å². The number of hydrogen-bond acceptors (Lipinski definition) is 2. The quantitative estimate of drug-likeness (QED) is 0.675. The molecule has 106 valence electrons. The van der Waals surface area contributed by atoms with Gasteiger partial charge in [-0.3, -0.25) is 9.89 Å². The van der Waals surface area contributed by atoms with Crippen LogP contribution in [0.5, 0.6) is 0 Å². The number of nitrogens with zero attached hydrogens (tertiary/aromatic N) is 1. The van der Waals surface area contributed by atoms with Crippen LogP contribution in [0.1, 0.15) is 36.1 Å². The molecule has 0 spiro atoms. The highest BCUT2D eigenvalue weighted by Crippen LogP contribution is 2.40. The van der Waals surface area contributed by atoms with Crippen LogP contribution in [-0.2, 0) is 11.2 Å². The highest BCUT2D eigenvalue weighted by molar-refractivity contribution is 5.95. The fraction of sp³-hybridized carbons (Fsp3) is 0.250. The number of amides is 1. The lowest BCUT2D eigenvalue weighted by atomic mass is 9.84. The SMILES string of the molecule is CCc1[nH]nc2c1C(c1cccc3cc[nH]c13)CC(=O)N2. The van der Waals surface area contributed by atoms with Gasteiger partial charge in [-0.25, -0.2) is 0 Å². The third-order valence-electron chi connectivity index (χ3n) is 4.23. The van der Waals surface area contributed by atoms with E-state index in [0.29, 0.717) is 12.2 Å². The number of aryl methyl sites for hydroxylation is 1. The maximum atomic E-state index is 12.0. The standard InChI is InChI=1S/C16H16N4O/c1-2-12-14-11(8-13(21)18-16(14)20-19-12)10-5-3-4-9-6-7-17-15(9)10/h3-7,11,17H,2,8H2,1H3,(H2,18,19,20,21). The Morgan fingerprint density at radius 1 is 1.33 bits per heavy atom. The predicted molar refractivity (Wildman–Crippen MR) is 81.4 cm³/mol. The second-order valence-corrected chi connectivity index (χ2v) is 5.41. The van der Waals surface area contributed by atoms with Crippen LogP contribution in [-0.4, -0.2) is 21.1 Å². The molecule has 1 amide bonds. The summed E-state index contributed by atoms with van der Waals surface area (Å²) >= 11 is 0. The van der Waals surface area contributed by atoms with Crippen molar-refractivity contribution in [1.82, 2.24) is 15.2 Å². The van der Waals surface area contributed by atoms with Gasteiger partial charge in [-0.05, 0) is 23.4 Å². The van der Waals surface area contributed by atoms with Gasteiger partial charge >= 0.3 is 0 Å². The zero-order valence-electron chi connectivity index (χ0n) is 11.7. The second-order valence-electron chi connectivity index (χ2n) is 5.41. The first-order valence-electron chi connectivity index (χ1n) is 7.21. The molecule has 0 fully saturated rings. The Kier molecular flexibility index (Phi) is 2.60. The van der Waals surface area contributed by atoms with Crippen LogP contribution >= 0.6 is 0 Å². The average molecular weight is 280 g/mol. The minimum atomic E-state index is 0.0187. The minimum Gasteiger partial charge on any atom is -0.361 e. The fourth-order valence-corrected chi connectivity index (χ4v) is 3.26. The summed E-state index contributed by atoms with van der Waals surface area (Å²) in [6.45, 7) is 2.09. The van der Waals surface area contributed by atoms with E-state index in [2.05, 4.69) is 45.6 Å². The van der Waals surface area contributed by atoms with Gasteiger partial charge in [0.1, 0.15) is 0 Å². The third-order valence-corrected chi connectivity index (χ3v) is 4.23. The van der Waals surface area contributed by atoms with Crippen molar-refractivity contribution in [2.24, 2.45) is 0 Å². The van der Waals surface area contributed by atoms with Gasteiger partial charge in [0.25, 0.3) is 0 Å². The van der Waals surface area contributed by atoms with Crippen LogP contribution in [0.15, 0.2) is 30.5 Å². The number of benzene rings is 1. The molecule has 3 N–H and O–H groups in total. The lowest BCUT2D eigenvalue weighted by Crippen LogP contribution is -2.23. The van der Waals surface area contributed by atoms with E-state index in [1.54, 1.807) is 0 Å². The Labute approximate surface area is 121 Å². The van der Waals surface area contributed by atoms with Crippen molar-refractivity contribution in [1.29, 1.82) is 0 Å². The largest absolute Gasteiger partial charge is 0.361 e. The maximum absolute atomic E-state index is 12.0. The van der Waals surface area contributed by atoms with E-state index in [4.69, 9.17) is 0 Å². The first-order valence-corrected chi connectivity index (χ1v) is 7.21. The normalized spacial score (nSPS) is 17.8.